The van der Waals surface area contributed by atoms with Crippen LogP contribution in [0.1, 0.15) is 32.8 Å². The van der Waals surface area contributed by atoms with Crippen molar-refractivity contribution in [2.75, 3.05) is 11.9 Å². The number of carbonyl (C=O) groups is 2. The van der Waals surface area contributed by atoms with Gasteiger partial charge in [0.2, 0.25) is 11.8 Å². The zero-order valence-electron chi connectivity index (χ0n) is 12.4. The van der Waals surface area contributed by atoms with Gasteiger partial charge in [0, 0.05) is 36.1 Å². The van der Waals surface area contributed by atoms with E-state index in [1.54, 1.807) is 4.90 Å². The van der Waals surface area contributed by atoms with Gasteiger partial charge in [-0.3, -0.25) is 9.59 Å². The predicted molar refractivity (Wildman–Crippen MR) is 84.6 cm³/mol. The molecule has 110 valence electrons. The van der Waals surface area contributed by atoms with Gasteiger partial charge in [0.1, 0.15) is 0 Å². The van der Waals surface area contributed by atoms with Crippen LogP contribution in [-0.4, -0.2) is 29.3 Å². The van der Waals surface area contributed by atoms with Crippen molar-refractivity contribution in [2.45, 2.75) is 40.2 Å². The van der Waals surface area contributed by atoms with Crippen LogP contribution in [0.2, 0.25) is 0 Å². The maximum atomic E-state index is 11.9. The third kappa shape index (κ3) is 4.96. The van der Waals surface area contributed by atoms with Crippen LogP contribution in [0.4, 0.5) is 5.69 Å². The van der Waals surface area contributed by atoms with Gasteiger partial charge >= 0.3 is 0 Å². The number of rotatable bonds is 5. The van der Waals surface area contributed by atoms with E-state index < -0.39 is 0 Å². The van der Waals surface area contributed by atoms with Crippen LogP contribution in [0, 0.1) is 6.92 Å². The van der Waals surface area contributed by atoms with Crippen molar-refractivity contribution in [3.8, 4) is 0 Å². The summed E-state index contributed by atoms with van der Waals surface area (Å²) in [6.45, 7) is 7.83. The SMILES string of the molecule is CC(=O)N(CCC(=O)Nc1ccc(C)c(Br)c1)C(C)C. The molecule has 2 amide bonds. The summed E-state index contributed by atoms with van der Waals surface area (Å²) in [6, 6.07) is 5.78. The highest BCUT2D eigenvalue weighted by Gasteiger charge is 2.14. The van der Waals surface area contributed by atoms with E-state index in [-0.39, 0.29) is 17.9 Å². The summed E-state index contributed by atoms with van der Waals surface area (Å²) in [5, 5.41) is 2.84. The second kappa shape index (κ2) is 7.43. The van der Waals surface area contributed by atoms with Crippen molar-refractivity contribution in [1.82, 2.24) is 4.90 Å². The van der Waals surface area contributed by atoms with Gasteiger partial charge in [-0.05, 0) is 38.5 Å². The van der Waals surface area contributed by atoms with Gasteiger partial charge in [-0.25, -0.2) is 0 Å². The van der Waals surface area contributed by atoms with E-state index in [1.165, 1.54) is 6.92 Å². The van der Waals surface area contributed by atoms with Gasteiger partial charge in [-0.1, -0.05) is 22.0 Å². The first-order valence-electron chi connectivity index (χ1n) is 6.64. The molecule has 0 saturated heterocycles. The molecule has 0 aliphatic heterocycles. The van der Waals surface area contributed by atoms with Gasteiger partial charge in [0.15, 0.2) is 0 Å². The third-order valence-corrected chi connectivity index (χ3v) is 3.92. The highest BCUT2D eigenvalue weighted by atomic mass is 79.9. The molecule has 0 aliphatic rings. The third-order valence-electron chi connectivity index (χ3n) is 3.06. The molecule has 0 bridgehead atoms. The van der Waals surface area contributed by atoms with Crippen LogP contribution < -0.4 is 5.32 Å². The smallest absolute Gasteiger partial charge is 0.226 e. The molecular weight excluding hydrogens is 320 g/mol. The number of hydrogen-bond donors (Lipinski definition) is 1. The number of anilines is 1. The molecule has 0 heterocycles. The monoisotopic (exact) mass is 340 g/mol. The number of hydrogen-bond acceptors (Lipinski definition) is 2. The molecule has 1 aromatic rings. The first kappa shape index (κ1) is 16.7. The lowest BCUT2D eigenvalue weighted by Gasteiger charge is -2.24. The lowest BCUT2D eigenvalue weighted by molar-refractivity contribution is -0.130. The van der Waals surface area contributed by atoms with E-state index >= 15 is 0 Å². The Balaban J connectivity index is 2.55. The summed E-state index contributed by atoms with van der Waals surface area (Å²) in [7, 11) is 0. The Labute approximate surface area is 128 Å². The minimum atomic E-state index is -0.0901. The molecule has 0 saturated carbocycles. The number of amides is 2. The quantitative estimate of drug-likeness (QED) is 0.893. The average molecular weight is 341 g/mol. The molecule has 0 unspecified atom stereocenters. The summed E-state index contributed by atoms with van der Waals surface area (Å²) in [6.07, 6.45) is 0.295. The summed E-state index contributed by atoms with van der Waals surface area (Å²) in [5.41, 5.74) is 1.87. The van der Waals surface area contributed by atoms with Crippen molar-refractivity contribution in [1.29, 1.82) is 0 Å². The molecule has 1 aromatic carbocycles. The lowest BCUT2D eigenvalue weighted by atomic mass is 10.2. The lowest BCUT2D eigenvalue weighted by Crippen LogP contribution is -2.37. The summed E-state index contributed by atoms with van der Waals surface area (Å²) in [5.74, 6) is -0.0986. The predicted octanol–water partition coefficient (Wildman–Crippen LogP) is 3.34. The van der Waals surface area contributed by atoms with E-state index in [0.717, 1.165) is 15.7 Å². The average Bonchev–Trinajstić information content (AvgIpc) is 2.33. The molecular formula is C15H21BrN2O2. The van der Waals surface area contributed by atoms with Gasteiger partial charge < -0.3 is 10.2 Å². The Hall–Kier alpha value is -1.36. The van der Waals surface area contributed by atoms with Crippen molar-refractivity contribution in [3.05, 3.63) is 28.2 Å². The number of halogens is 1. The fourth-order valence-corrected chi connectivity index (χ4v) is 2.27. The molecule has 4 nitrogen and oxygen atoms in total. The zero-order valence-corrected chi connectivity index (χ0v) is 14.0. The summed E-state index contributed by atoms with van der Waals surface area (Å²) in [4.78, 5) is 25.0. The second-order valence-corrected chi connectivity index (χ2v) is 5.92. The standard InChI is InChI=1S/C15H21BrN2O2/c1-10(2)18(12(4)19)8-7-15(20)17-13-6-5-11(3)14(16)9-13/h5-6,9-10H,7-8H2,1-4H3,(H,17,20). The van der Waals surface area contributed by atoms with Crippen LogP contribution in [0.5, 0.6) is 0 Å². The highest BCUT2D eigenvalue weighted by Crippen LogP contribution is 2.20. The molecule has 20 heavy (non-hydrogen) atoms. The maximum Gasteiger partial charge on any atom is 0.226 e. The Morgan fingerprint density at radius 1 is 1.35 bits per heavy atom. The van der Waals surface area contributed by atoms with E-state index in [1.807, 2.05) is 39.0 Å². The van der Waals surface area contributed by atoms with Crippen LogP contribution in [-0.2, 0) is 9.59 Å². The molecule has 0 radical (unpaired) electrons. The van der Waals surface area contributed by atoms with Crippen LogP contribution >= 0.6 is 15.9 Å². The molecule has 0 aliphatic carbocycles. The molecule has 0 atom stereocenters. The van der Waals surface area contributed by atoms with E-state index in [2.05, 4.69) is 21.2 Å². The summed E-state index contributed by atoms with van der Waals surface area (Å²) < 4.78 is 0.961. The number of nitrogens with one attached hydrogen (secondary N) is 1. The van der Waals surface area contributed by atoms with E-state index in [0.29, 0.717) is 13.0 Å². The second-order valence-electron chi connectivity index (χ2n) is 5.07. The first-order chi connectivity index (χ1) is 9.31. The Bertz CT molecular complexity index is 501. The molecule has 1 rings (SSSR count). The van der Waals surface area contributed by atoms with Crippen molar-refractivity contribution in [3.63, 3.8) is 0 Å². The van der Waals surface area contributed by atoms with Crippen molar-refractivity contribution in [2.24, 2.45) is 0 Å². The van der Waals surface area contributed by atoms with Gasteiger partial charge in [0.25, 0.3) is 0 Å². The zero-order chi connectivity index (χ0) is 15.3. The molecule has 0 fully saturated rings. The Kier molecular flexibility index (Phi) is 6.20. The molecule has 5 heteroatoms. The van der Waals surface area contributed by atoms with Crippen LogP contribution in [0.3, 0.4) is 0 Å². The topological polar surface area (TPSA) is 49.4 Å². The Morgan fingerprint density at radius 3 is 2.50 bits per heavy atom. The van der Waals surface area contributed by atoms with Crippen molar-refractivity contribution >= 4 is 33.4 Å². The Morgan fingerprint density at radius 2 is 2.00 bits per heavy atom. The van der Waals surface area contributed by atoms with Crippen molar-refractivity contribution < 1.29 is 9.59 Å². The fraction of sp³-hybridized carbons (Fsp3) is 0.467. The minimum Gasteiger partial charge on any atom is -0.340 e. The molecule has 0 spiro atoms. The van der Waals surface area contributed by atoms with Gasteiger partial charge in [-0.15, -0.1) is 0 Å². The van der Waals surface area contributed by atoms with Crippen LogP contribution in [0.25, 0.3) is 0 Å². The number of nitrogens with zero attached hydrogens (tertiary/aromatic N) is 1. The normalized spacial score (nSPS) is 10.5. The summed E-state index contributed by atoms with van der Waals surface area (Å²) >= 11 is 3.43. The molecule has 0 aromatic heterocycles. The van der Waals surface area contributed by atoms with E-state index in [9.17, 15) is 9.59 Å². The first-order valence-corrected chi connectivity index (χ1v) is 7.43. The number of carbonyl (C=O) groups excluding carboxylic acids is 2. The van der Waals surface area contributed by atoms with Gasteiger partial charge in [-0.2, -0.15) is 0 Å². The fourth-order valence-electron chi connectivity index (χ4n) is 1.90. The minimum absolute atomic E-state index is 0.00844. The molecule has 1 N–H and O–H groups in total. The largest absolute Gasteiger partial charge is 0.340 e. The highest BCUT2D eigenvalue weighted by molar-refractivity contribution is 9.10. The maximum absolute atomic E-state index is 11.9. The van der Waals surface area contributed by atoms with Gasteiger partial charge in [0.05, 0.1) is 0 Å². The number of aryl methyl sites for hydroxylation is 1. The number of benzene rings is 1. The van der Waals surface area contributed by atoms with Crippen LogP contribution in [0.15, 0.2) is 22.7 Å². The van der Waals surface area contributed by atoms with E-state index in [4.69, 9.17) is 0 Å².